The molecule has 1 spiro atoms. The van der Waals surface area contributed by atoms with E-state index in [0.29, 0.717) is 43.3 Å². The number of rotatable bonds is 4. The van der Waals surface area contributed by atoms with Gasteiger partial charge in [0, 0.05) is 18.7 Å². The maximum Gasteiger partial charge on any atom is 0.231 e. The van der Waals surface area contributed by atoms with Crippen LogP contribution in [0.5, 0.6) is 0 Å². The van der Waals surface area contributed by atoms with Crippen LogP contribution in [0.4, 0.5) is 4.39 Å². The molecule has 0 saturated carbocycles. The van der Waals surface area contributed by atoms with Crippen molar-refractivity contribution in [3.63, 3.8) is 0 Å². The van der Waals surface area contributed by atoms with Crippen LogP contribution in [-0.2, 0) is 16.4 Å². The Morgan fingerprint density at radius 2 is 1.97 bits per heavy atom. The predicted molar refractivity (Wildman–Crippen MR) is 102 cm³/mol. The number of hydrogen-bond acceptors (Lipinski definition) is 7. The molecule has 0 aliphatic carbocycles. The van der Waals surface area contributed by atoms with Crippen molar-refractivity contribution in [2.24, 2.45) is 0 Å². The van der Waals surface area contributed by atoms with E-state index in [0.717, 1.165) is 11.5 Å². The van der Waals surface area contributed by atoms with Crippen LogP contribution in [0.25, 0.3) is 11.4 Å². The minimum Gasteiger partial charge on any atom is -0.465 e. The molecular weight excluding hydrogens is 397 g/mol. The van der Waals surface area contributed by atoms with E-state index < -0.39 is 14.6 Å². The Morgan fingerprint density at radius 1 is 1.21 bits per heavy atom. The predicted octanol–water partition coefficient (Wildman–Crippen LogP) is 2.93. The second-order valence-electron chi connectivity index (χ2n) is 7.85. The van der Waals surface area contributed by atoms with E-state index in [1.165, 1.54) is 12.1 Å². The maximum atomic E-state index is 13.1. The molecule has 2 aromatic heterocycles. The second-order valence-corrected chi connectivity index (χ2v) is 10.3. The number of likely N-dealkylation sites (tertiary alicyclic amines) is 1. The highest BCUT2D eigenvalue weighted by molar-refractivity contribution is 7.93. The van der Waals surface area contributed by atoms with Crippen molar-refractivity contribution in [3.8, 4) is 11.4 Å². The van der Waals surface area contributed by atoms with Crippen LogP contribution in [-0.4, -0.2) is 47.0 Å². The van der Waals surface area contributed by atoms with Gasteiger partial charge in [-0.1, -0.05) is 5.16 Å². The first-order valence-corrected chi connectivity index (χ1v) is 11.1. The van der Waals surface area contributed by atoms with Crippen molar-refractivity contribution in [2.75, 3.05) is 18.8 Å². The van der Waals surface area contributed by atoms with Gasteiger partial charge in [-0.05, 0) is 49.7 Å². The number of benzene rings is 1. The Labute approximate surface area is 167 Å². The van der Waals surface area contributed by atoms with Crippen molar-refractivity contribution < 1.29 is 21.7 Å². The topological polar surface area (TPSA) is 89.4 Å². The van der Waals surface area contributed by atoms with Crippen LogP contribution < -0.4 is 0 Å². The molecule has 7 nitrogen and oxygen atoms in total. The number of furan rings is 1. The highest BCUT2D eigenvalue weighted by atomic mass is 32.2. The maximum absolute atomic E-state index is 13.1. The Bertz CT molecular complexity index is 1150. The minimum absolute atomic E-state index is 0.111. The van der Waals surface area contributed by atoms with Crippen LogP contribution in [0.15, 0.2) is 45.3 Å². The first-order chi connectivity index (χ1) is 13.9. The number of aromatic nitrogens is 2. The van der Waals surface area contributed by atoms with Gasteiger partial charge in [-0.15, -0.1) is 0 Å². The lowest BCUT2D eigenvalue weighted by Gasteiger charge is -2.48. The molecule has 152 valence electrons. The summed E-state index contributed by atoms with van der Waals surface area (Å²) in [5.74, 6) is 1.74. The van der Waals surface area contributed by atoms with Crippen LogP contribution in [0, 0.1) is 12.7 Å². The molecule has 29 heavy (non-hydrogen) atoms. The Balaban J connectivity index is 1.38. The highest BCUT2D eigenvalue weighted by Gasteiger charge is 2.63. The van der Waals surface area contributed by atoms with Gasteiger partial charge in [0.2, 0.25) is 11.7 Å². The summed E-state index contributed by atoms with van der Waals surface area (Å²) in [6, 6.07) is 9.60. The third kappa shape index (κ3) is 3.00. The lowest BCUT2D eigenvalue weighted by Crippen LogP contribution is -2.65. The van der Waals surface area contributed by atoms with E-state index in [2.05, 4.69) is 15.0 Å². The van der Waals surface area contributed by atoms with Crippen LogP contribution >= 0.6 is 0 Å². The summed E-state index contributed by atoms with van der Waals surface area (Å²) in [7, 11) is -3.28. The molecule has 3 aromatic rings. The Hall–Kier alpha value is -2.52. The Morgan fingerprint density at radius 3 is 2.66 bits per heavy atom. The average Bonchev–Trinajstić information content (AvgIpc) is 3.34. The molecule has 9 heteroatoms. The van der Waals surface area contributed by atoms with Gasteiger partial charge in [-0.25, -0.2) is 12.8 Å². The summed E-state index contributed by atoms with van der Waals surface area (Å²) in [4.78, 5) is 6.51. The van der Waals surface area contributed by atoms with Gasteiger partial charge in [0.1, 0.15) is 22.1 Å². The molecule has 2 saturated heterocycles. The smallest absolute Gasteiger partial charge is 0.231 e. The fourth-order valence-corrected chi connectivity index (χ4v) is 6.79. The highest BCUT2D eigenvalue weighted by Crippen LogP contribution is 2.50. The molecule has 0 radical (unpaired) electrons. The molecule has 1 atom stereocenters. The number of hydrogen-bond donors (Lipinski definition) is 0. The van der Waals surface area contributed by atoms with Crippen molar-refractivity contribution in [1.29, 1.82) is 0 Å². The fourth-order valence-electron chi connectivity index (χ4n) is 4.43. The molecule has 0 bridgehead atoms. The standard InChI is InChI=1S/C20H20FN3O4S/c1-13-2-7-16(27-13)10-24-11-20(12-24)17(8-9-29(20,25)26)19-22-18(23-28-19)14-3-5-15(21)6-4-14/h2-7,17H,8-12H2,1H3. The first-order valence-electron chi connectivity index (χ1n) is 9.46. The lowest BCUT2D eigenvalue weighted by atomic mass is 9.83. The van der Waals surface area contributed by atoms with Gasteiger partial charge in [0.15, 0.2) is 9.84 Å². The summed E-state index contributed by atoms with van der Waals surface area (Å²) in [5, 5.41) is 3.99. The third-order valence-corrected chi connectivity index (χ3v) is 8.48. The van der Waals surface area contributed by atoms with E-state index in [1.807, 2.05) is 19.1 Å². The summed E-state index contributed by atoms with van der Waals surface area (Å²) in [5.41, 5.74) is 0.625. The van der Waals surface area contributed by atoms with E-state index in [4.69, 9.17) is 8.94 Å². The van der Waals surface area contributed by atoms with Crippen LogP contribution in [0.1, 0.15) is 29.7 Å². The number of halogens is 1. The molecule has 5 rings (SSSR count). The zero-order valence-corrected chi connectivity index (χ0v) is 16.7. The van der Waals surface area contributed by atoms with Crippen molar-refractivity contribution >= 4 is 9.84 Å². The summed E-state index contributed by atoms with van der Waals surface area (Å²) in [6.45, 7) is 3.28. The van der Waals surface area contributed by atoms with Gasteiger partial charge in [0.25, 0.3) is 0 Å². The van der Waals surface area contributed by atoms with E-state index in [-0.39, 0.29) is 17.5 Å². The van der Waals surface area contributed by atoms with Crippen LogP contribution in [0.2, 0.25) is 0 Å². The normalized spacial score (nSPS) is 22.8. The van der Waals surface area contributed by atoms with Gasteiger partial charge in [-0.3, -0.25) is 4.90 Å². The first kappa shape index (κ1) is 18.5. The number of aryl methyl sites for hydroxylation is 1. The molecule has 1 aromatic carbocycles. The molecule has 0 N–H and O–H groups in total. The molecule has 4 heterocycles. The molecule has 0 amide bonds. The monoisotopic (exact) mass is 417 g/mol. The summed E-state index contributed by atoms with van der Waals surface area (Å²) < 4.78 is 49.1. The Kier molecular flexibility index (Phi) is 4.15. The fraction of sp³-hybridized carbons (Fsp3) is 0.400. The second kappa shape index (κ2) is 6.50. The third-order valence-electron chi connectivity index (χ3n) is 5.93. The molecule has 2 fully saturated rings. The van der Waals surface area contributed by atoms with E-state index >= 15 is 0 Å². The number of nitrogens with zero attached hydrogens (tertiary/aromatic N) is 3. The van der Waals surface area contributed by atoms with Gasteiger partial charge in [-0.2, -0.15) is 4.98 Å². The summed E-state index contributed by atoms with van der Waals surface area (Å²) in [6.07, 6.45) is 0.459. The SMILES string of the molecule is Cc1ccc(CN2CC3(C2)C(c2nc(-c4ccc(F)cc4)no2)CCS3(=O)=O)o1. The zero-order chi connectivity index (χ0) is 20.2. The van der Waals surface area contributed by atoms with Crippen molar-refractivity contribution in [1.82, 2.24) is 15.0 Å². The van der Waals surface area contributed by atoms with Gasteiger partial charge >= 0.3 is 0 Å². The van der Waals surface area contributed by atoms with Gasteiger partial charge in [0.05, 0.1) is 18.2 Å². The van der Waals surface area contributed by atoms with E-state index in [1.54, 1.807) is 12.1 Å². The quantitative estimate of drug-likeness (QED) is 0.645. The lowest BCUT2D eigenvalue weighted by molar-refractivity contribution is 0.0826. The largest absolute Gasteiger partial charge is 0.465 e. The molecular formula is C20H20FN3O4S. The zero-order valence-electron chi connectivity index (χ0n) is 15.8. The van der Waals surface area contributed by atoms with Crippen molar-refractivity contribution in [3.05, 3.63) is 59.6 Å². The van der Waals surface area contributed by atoms with Gasteiger partial charge < -0.3 is 8.94 Å². The molecule has 2 aliphatic heterocycles. The summed E-state index contributed by atoms with van der Waals surface area (Å²) >= 11 is 0. The van der Waals surface area contributed by atoms with Crippen LogP contribution in [0.3, 0.4) is 0 Å². The molecule has 1 unspecified atom stereocenters. The minimum atomic E-state index is -3.28. The molecule has 2 aliphatic rings. The number of sulfone groups is 1. The van der Waals surface area contributed by atoms with E-state index in [9.17, 15) is 12.8 Å². The average molecular weight is 417 g/mol. The van der Waals surface area contributed by atoms with Crippen molar-refractivity contribution in [2.45, 2.75) is 30.6 Å².